The van der Waals surface area contributed by atoms with Gasteiger partial charge in [-0.3, -0.25) is 4.90 Å². The predicted octanol–water partition coefficient (Wildman–Crippen LogP) is 1.28. The van der Waals surface area contributed by atoms with Crippen molar-refractivity contribution in [2.75, 3.05) is 26.2 Å². The summed E-state index contributed by atoms with van der Waals surface area (Å²) in [5, 5.41) is 7.24. The van der Waals surface area contributed by atoms with Crippen molar-refractivity contribution < 1.29 is 8.91 Å². The van der Waals surface area contributed by atoms with Gasteiger partial charge in [0.15, 0.2) is 5.82 Å². The zero-order chi connectivity index (χ0) is 13.1. The molecule has 19 heavy (non-hydrogen) atoms. The van der Waals surface area contributed by atoms with E-state index in [0.717, 1.165) is 26.2 Å². The van der Waals surface area contributed by atoms with E-state index in [9.17, 15) is 4.39 Å². The van der Waals surface area contributed by atoms with Crippen LogP contribution in [0.2, 0.25) is 0 Å². The van der Waals surface area contributed by atoms with Crippen molar-refractivity contribution in [3.05, 3.63) is 35.9 Å². The van der Waals surface area contributed by atoms with Crippen LogP contribution in [0.15, 0.2) is 28.8 Å². The summed E-state index contributed by atoms with van der Waals surface area (Å²) in [4.78, 5) is 6.57. The Labute approximate surface area is 110 Å². The summed E-state index contributed by atoms with van der Waals surface area (Å²) >= 11 is 0. The third-order valence-electron chi connectivity index (χ3n) is 3.11. The largest absolute Gasteiger partial charge is 0.334 e. The van der Waals surface area contributed by atoms with Crippen molar-refractivity contribution in [2.45, 2.75) is 6.54 Å². The quantitative estimate of drug-likeness (QED) is 0.903. The van der Waals surface area contributed by atoms with Crippen molar-refractivity contribution in [2.24, 2.45) is 0 Å². The Bertz CT molecular complexity index is 551. The van der Waals surface area contributed by atoms with Crippen LogP contribution in [0, 0.1) is 5.82 Å². The van der Waals surface area contributed by atoms with E-state index in [2.05, 4.69) is 20.4 Å². The van der Waals surface area contributed by atoms with Gasteiger partial charge in [0.2, 0.25) is 0 Å². The second-order valence-electron chi connectivity index (χ2n) is 4.55. The monoisotopic (exact) mass is 262 g/mol. The molecule has 0 unspecified atom stereocenters. The van der Waals surface area contributed by atoms with Crippen LogP contribution in [-0.2, 0) is 6.54 Å². The Morgan fingerprint density at radius 3 is 2.95 bits per heavy atom. The predicted molar refractivity (Wildman–Crippen MR) is 67.8 cm³/mol. The highest BCUT2D eigenvalue weighted by atomic mass is 19.1. The number of piperazine rings is 1. The fraction of sp³-hybridized carbons (Fsp3) is 0.385. The van der Waals surface area contributed by atoms with E-state index in [0.29, 0.717) is 23.8 Å². The Balaban J connectivity index is 1.72. The maximum atomic E-state index is 13.1. The van der Waals surface area contributed by atoms with Gasteiger partial charge < -0.3 is 9.84 Å². The average Bonchev–Trinajstić information content (AvgIpc) is 2.88. The number of aromatic nitrogens is 2. The average molecular weight is 262 g/mol. The van der Waals surface area contributed by atoms with E-state index < -0.39 is 0 Å². The van der Waals surface area contributed by atoms with Gasteiger partial charge in [0, 0.05) is 31.7 Å². The van der Waals surface area contributed by atoms with Gasteiger partial charge in [-0.25, -0.2) is 4.39 Å². The van der Waals surface area contributed by atoms with Crippen LogP contribution in [0.4, 0.5) is 4.39 Å². The van der Waals surface area contributed by atoms with Gasteiger partial charge in [-0.1, -0.05) is 11.2 Å². The van der Waals surface area contributed by atoms with Gasteiger partial charge in [-0.05, 0) is 18.2 Å². The minimum atomic E-state index is -0.306. The van der Waals surface area contributed by atoms with Gasteiger partial charge >= 0.3 is 0 Å². The molecule has 0 atom stereocenters. The summed E-state index contributed by atoms with van der Waals surface area (Å²) in [5.74, 6) is 0.699. The smallest absolute Gasteiger partial charge is 0.258 e. The lowest BCUT2D eigenvalue weighted by atomic mass is 10.2. The van der Waals surface area contributed by atoms with E-state index in [1.54, 1.807) is 12.1 Å². The molecule has 0 spiro atoms. The summed E-state index contributed by atoms with van der Waals surface area (Å²) in [7, 11) is 0. The minimum absolute atomic E-state index is 0.306. The third-order valence-corrected chi connectivity index (χ3v) is 3.11. The lowest BCUT2D eigenvalue weighted by molar-refractivity contribution is 0.225. The maximum Gasteiger partial charge on any atom is 0.258 e. The second kappa shape index (κ2) is 5.46. The van der Waals surface area contributed by atoms with Crippen LogP contribution in [0.1, 0.15) is 5.82 Å². The normalized spacial score (nSPS) is 16.7. The number of nitrogens with zero attached hydrogens (tertiary/aromatic N) is 3. The second-order valence-corrected chi connectivity index (χ2v) is 4.55. The van der Waals surface area contributed by atoms with E-state index in [4.69, 9.17) is 4.52 Å². The van der Waals surface area contributed by atoms with Crippen molar-refractivity contribution >= 4 is 0 Å². The highest BCUT2D eigenvalue weighted by Gasteiger charge is 2.14. The molecule has 0 radical (unpaired) electrons. The lowest BCUT2D eigenvalue weighted by Gasteiger charge is -2.25. The molecule has 0 aliphatic carbocycles. The zero-order valence-corrected chi connectivity index (χ0v) is 10.5. The highest BCUT2D eigenvalue weighted by Crippen LogP contribution is 2.18. The number of benzene rings is 1. The minimum Gasteiger partial charge on any atom is -0.334 e. The van der Waals surface area contributed by atoms with Crippen LogP contribution in [0.3, 0.4) is 0 Å². The first kappa shape index (κ1) is 12.3. The van der Waals surface area contributed by atoms with Crippen LogP contribution in [0.5, 0.6) is 0 Å². The number of rotatable bonds is 3. The first-order chi connectivity index (χ1) is 9.31. The topological polar surface area (TPSA) is 54.2 Å². The summed E-state index contributed by atoms with van der Waals surface area (Å²) in [6.07, 6.45) is 0. The molecule has 3 rings (SSSR count). The summed E-state index contributed by atoms with van der Waals surface area (Å²) in [6.45, 7) is 4.58. The van der Waals surface area contributed by atoms with E-state index in [1.807, 2.05) is 0 Å². The molecule has 1 aliphatic rings. The van der Waals surface area contributed by atoms with Crippen LogP contribution in [0.25, 0.3) is 11.5 Å². The molecule has 1 aromatic carbocycles. The maximum absolute atomic E-state index is 13.1. The molecule has 0 saturated carbocycles. The van der Waals surface area contributed by atoms with Gasteiger partial charge in [0.1, 0.15) is 5.82 Å². The van der Waals surface area contributed by atoms with Crippen LogP contribution in [-0.4, -0.2) is 41.2 Å². The molecule has 1 aromatic heterocycles. The van der Waals surface area contributed by atoms with Gasteiger partial charge in [0.05, 0.1) is 6.54 Å². The fourth-order valence-corrected chi connectivity index (χ4v) is 2.13. The number of hydrogen-bond donors (Lipinski definition) is 1. The lowest BCUT2D eigenvalue weighted by Crippen LogP contribution is -2.43. The van der Waals surface area contributed by atoms with Gasteiger partial charge in [-0.2, -0.15) is 4.98 Å². The van der Waals surface area contributed by atoms with Gasteiger partial charge in [0.25, 0.3) is 5.89 Å². The zero-order valence-electron chi connectivity index (χ0n) is 10.5. The molecule has 0 amide bonds. The van der Waals surface area contributed by atoms with Crippen molar-refractivity contribution in [3.63, 3.8) is 0 Å². The van der Waals surface area contributed by atoms with Crippen molar-refractivity contribution in [3.8, 4) is 11.5 Å². The molecule has 6 heteroatoms. The number of hydrogen-bond acceptors (Lipinski definition) is 5. The Morgan fingerprint density at radius 1 is 1.32 bits per heavy atom. The number of halogens is 1. The fourth-order valence-electron chi connectivity index (χ4n) is 2.13. The summed E-state index contributed by atoms with van der Waals surface area (Å²) < 4.78 is 18.3. The molecule has 1 fully saturated rings. The summed E-state index contributed by atoms with van der Waals surface area (Å²) in [6, 6.07) is 6.17. The van der Waals surface area contributed by atoms with E-state index >= 15 is 0 Å². The van der Waals surface area contributed by atoms with E-state index in [-0.39, 0.29) is 5.82 Å². The standard InChI is InChI=1S/C13H15FN4O/c14-11-3-1-2-10(8-11)13-16-12(17-19-13)9-18-6-4-15-5-7-18/h1-3,8,15H,4-7,9H2. The number of nitrogens with one attached hydrogen (secondary N) is 1. The first-order valence-electron chi connectivity index (χ1n) is 6.33. The Morgan fingerprint density at radius 2 is 2.16 bits per heavy atom. The molecule has 0 bridgehead atoms. The Hall–Kier alpha value is -1.79. The molecular weight excluding hydrogens is 247 g/mol. The van der Waals surface area contributed by atoms with Crippen molar-refractivity contribution in [1.29, 1.82) is 0 Å². The van der Waals surface area contributed by atoms with Gasteiger partial charge in [-0.15, -0.1) is 0 Å². The SMILES string of the molecule is Fc1cccc(-c2nc(CN3CCNCC3)no2)c1. The molecule has 1 N–H and O–H groups in total. The van der Waals surface area contributed by atoms with E-state index in [1.165, 1.54) is 12.1 Å². The highest BCUT2D eigenvalue weighted by molar-refractivity contribution is 5.52. The molecule has 1 saturated heterocycles. The Kier molecular flexibility index (Phi) is 3.52. The molecule has 2 heterocycles. The molecule has 2 aromatic rings. The molecule has 100 valence electrons. The van der Waals surface area contributed by atoms with Crippen LogP contribution >= 0.6 is 0 Å². The molecule has 5 nitrogen and oxygen atoms in total. The summed E-state index contributed by atoms with van der Waals surface area (Å²) in [5.41, 5.74) is 0.610. The molecule has 1 aliphatic heterocycles. The van der Waals surface area contributed by atoms with Crippen LogP contribution < -0.4 is 5.32 Å². The molecular formula is C13H15FN4O. The first-order valence-corrected chi connectivity index (χ1v) is 6.33. The van der Waals surface area contributed by atoms with Crippen molar-refractivity contribution in [1.82, 2.24) is 20.4 Å². The third kappa shape index (κ3) is 2.97.